The minimum absolute atomic E-state index is 0.0450. The molecular weight excluding hydrogens is 412 g/mol. The first kappa shape index (κ1) is 23.0. The van der Waals surface area contributed by atoms with Gasteiger partial charge in [-0.05, 0) is 35.2 Å². The van der Waals surface area contributed by atoms with Crippen LogP contribution in [0.3, 0.4) is 0 Å². The van der Waals surface area contributed by atoms with Gasteiger partial charge in [0.2, 0.25) is 5.91 Å². The lowest BCUT2D eigenvalue weighted by atomic mass is 10.0. The van der Waals surface area contributed by atoms with E-state index in [9.17, 15) is 9.90 Å². The predicted molar refractivity (Wildman–Crippen MR) is 130 cm³/mol. The molecule has 0 spiro atoms. The van der Waals surface area contributed by atoms with Gasteiger partial charge in [-0.3, -0.25) is 9.69 Å². The van der Waals surface area contributed by atoms with Gasteiger partial charge in [-0.15, -0.1) is 0 Å². The Morgan fingerprint density at radius 2 is 1.45 bits per heavy atom. The molecule has 5 nitrogen and oxygen atoms in total. The molecule has 0 radical (unpaired) electrons. The van der Waals surface area contributed by atoms with Gasteiger partial charge in [0.25, 0.3) is 0 Å². The molecule has 3 aromatic carbocycles. The summed E-state index contributed by atoms with van der Waals surface area (Å²) in [5.74, 6) is 0.929. The van der Waals surface area contributed by atoms with Crippen molar-refractivity contribution in [3.63, 3.8) is 0 Å². The van der Waals surface area contributed by atoms with Crippen LogP contribution in [0.1, 0.15) is 23.1 Å². The van der Waals surface area contributed by atoms with Gasteiger partial charge >= 0.3 is 0 Å². The largest absolute Gasteiger partial charge is 0.489 e. The Morgan fingerprint density at radius 1 is 0.788 bits per heavy atom. The van der Waals surface area contributed by atoms with Crippen molar-refractivity contribution in [1.29, 1.82) is 0 Å². The minimum atomic E-state index is -0.217. The Balaban J connectivity index is 1.32. The first-order valence-corrected chi connectivity index (χ1v) is 11.6. The average molecular weight is 445 g/mol. The van der Waals surface area contributed by atoms with Crippen molar-refractivity contribution in [3.8, 4) is 5.75 Å². The molecule has 33 heavy (non-hydrogen) atoms. The highest BCUT2D eigenvalue weighted by Gasteiger charge is 2.27. The van der Waals surface area contributed by atoms with E-state index >= 15 is 0 Å². The average Bonchev–Trinajstić information content (AvgIpc) is 3.04. The number of ether oxygens (including phenoxy) is 1. The molecule has 0 saturated carbocycles. The van der Waals surface area contributed by atoms with Gasteiger partial charge in [0.05, 0.1) is 12.6 Å². The topological polar surface area (TPSA) is 53.0 Å². The molecule has 1 N–H and O–H groups in total. The molecule has 1 saturated heterocycles. The minimum Gasteiger partial charge on any atom is -0.489 e. The van der Waals surface area contributed by atoms with Gasteiger partial charge in [0.1, 0.15) is 12.4 Å². The summed E-state index contributed by atoms with van der Waals surface area (Å²) in [7, 11) is 0. The molecule has 4 rings (SSSR count). The van der Waals surface area contributed by atoms with E-state index in [0.717, 1.165) is 36.5 Å². The highest BCUT2D eigenvalue weighted by Crippen LogP contribution is 2.18. The second kappa shape index (κ2) is 11.6. The third kappa shape index (κ3) is 6.67. The molecule has 0 aromatic heterocycles. The molecule has 1 aliphatic heterocycles. The Morgan fingerprint density at radius 3 is 2.12 bits per heavy atom. The fourth-order valence-corrected chi connectivity index (χ4v) is 4.28. The van der Waals surface area contributed by atoms with Gasteiger partial charge in [-0.1, -0.05) is 72.8 Å². The Labute approximate surface area is 196 Å². The number of hydrogen-bond donors (Lipinski definition) is 1. The van der Waals surface area contributed by atoms with Crippen molar-refractivity contribution >= 4 is 5.91 Å². The summed E-state index contributed by atoms with van der Waals surface area (Å²) in [4.78, 5) is 17.0. The van der Waals surface area contributed by atoms with Crippen LogP contribution in [-0.2, 0) is 24.4 Å². The van der Waals surface area contributed by atoms with Crippen molar-refractivity contribution in [2.75, 3.05) is 26.2 Å². The maximum atomic E-state index is 12.8. The Hall–Kier alpha value is -3.15. The van der Waals surface area contributed by atoms with Gasteiger partial charge < -0.3 is 14.7 Å². The first-order chi connectivity index (χ1) is 16.2. The smallest absolute Gasteiger partial charge is 0.224 e. The fourth-order valence-electron chi connectivity index (χ4n) is 4.28. The van der Waals surface area contributed by atoms with Crippen LogP contribution < -0.4 is 4.74 Å². The summed E-state index contributed by atoms with van der Waals surface area (Å²) in [6.07, 6.45) is 1.11. The van der Waals surface area contributed by atoms with Crippen LogP contribution in [-0.4, -0.2) is 53.1 Å². The number of aliphatic hydroxyl groups excluding tert-OH is 1. The lowest BCUT2D eigenvalue weighted by Crippen LogP contribution is -2.44. The van der Waals surface area contributed by atoms with Crippen LogP contribution in [0, 0.1) is 0 Å². The summed E-state index contributed by atoms with van der Waals surface area (Å²) < 4.78 is 5.87. The molecule has 1 aliphatic rings. The zero-order valence-electron chi connectivity index (χ0n) is 19.0. The van der Waals surface area contributed by atoms with E-state index in [1.807, 2.05) is 77.7 Å². The van der Waals surface area contributed by atoms with Crippen LogP contribution in [0.2, 0.25) is 0 Å². The van der Waals surface area contributed by atoms with Crippen molar-refractivity contribution in [2.24, 2.45) is 0 Å². The number of hydrogen-bond acceptors (Lipinski definition) is 4. The summed E-state index contributed by atoms with van der Waals surface area (Å²) >= 11 is 0. The molecule has 0 bridgehead atoms. The number of benzene rings is 3. The van der Waals surface area contributed by atoms with E-state index in [0.29, 0.717) is 26.0 Å². The monoisotopic (exact) mass is 444 g/mol. The quantitative estimate of drug-likeness (QED) is 0.544. The number of carbonyl (C=O) groups is 1. The number of amides is 1. The van der Waals surface area contributed by atoms with Crippen molar-refractivity contribution in [2.45, 2.75) is 32.0 Å². The molecule has 1 fully saturated rings. The van der Waals surface area contributed by atoms with E-state index in [4.69, 9.17) is 4.74 Å². The Kier molecular flexibility index (Phi) is 8.12. The Bertz CT molecular complexity index is 993. The molecule has 1 heterocycles. The molecule has 1 atom stereocenters. The number of carbonyl (C=O) groups excluding carboxylic acids is 1. The van der Waals surface area contributed by atoms with Gasteiger partial charge in [-0.2, -0.15) is 0 Å². The van der Waals surface area contributed by atoms with E-state index in [-0.39, 0.29) is 18.6 Å². The standard InChI is InChI=1S/C28H32N2O3/c31-21-26(19-23-11-13-27(14-12-23)33-22-25-9-5-2-6-10-25)30-18-17-29(16-15-28(30)32)20-24-7-3-1-4-8-24/h1-14,26,31H,15-22H2/t26-/m0/s1. The third-order valence-electron chi connectivity index (χ3n) is 6.16. The van der Waals surface area contributed by atoms with Crippen LogP contribution >= 0.6 is 0 Å². The van der Waals surface area contributed by atoms with E-state index in [1.54, 1.807) is 0 Å². The number of rotatable bonds is 9. The summed E-state index contributed by atoms with van der Waals surface area (Å²) in [5, 5.41) is 10.1. The molecule has 0 aliphatic carbocycles. The summed E-state index contributed by atoms with van der Waals surface area (Å²) in [6, 6.07) is 28.2. The maximum absolute atomic E-state index is 12.8. The molecule has 1 amide bonds. The summed E-state index contributed by atoms with van der Waals surface area (Å²) in [5.41, 5.74) is 3.47. The fraction of sp³-hybridized carbons (Fsp3) is 0.321. The van der Waals surface area contributed by atoms with Crippen molar-refractivity contribution in [1.82, 2.24) is 9.80 Å². The second-order valence-corrected chi connectivity index (χ2v) is 8.56. The predicted octanol–water partition coefficient (Wildman–Crippen LogP) is 3.90. The molecule has 5 heteroatoms. The van der Waals surface area contributed by atoms with Crippen LogP contribution in [0.4, 0.5) is 0 Å². The van der Waals surface area contributed by atoms with Gasteiger partial charge in [0, 0.05) is 32.6 Å². The van der Waals surface area contributed by atoms with E-state index < -0.39 is 0 Å². The molecule has 0 unspecified atom stereocenters. The number of nitrogens with zero attached hydrogens (tertiary/aromatic N) is 2. The molecular formula is C28H32N2O3. The van der Waals surface area contributed by atoms with Gasteiger partial charge in [0.15, 0.2) is 0 Å². The highest BCUT2D eigenvalue weighted by molar-refractivity contribution is 5.77. The maximum Gasteiger partial charge on any atom is 0.224 e. The lowest BCUT2D eigenvalue weighted by molar-refractivity contribution is -0.133. The SMILES string of the molecule is O=C1CCN(Cc2ccccc2)CCN1[C@H](CO)Cc1ccc(OCc2ccccc2)cc1. The zero-order chi connectivity index (χ0) is 22.9. The van der Waals surface area contributed by atoms with Crippen molar-refractivity contribution < 1.29 is 14.6 Å². The van der Waals surface area contributed by atoms with Crippen LogP contribution in [0.25, 0.3) is 0 Å². The number of aliphatic hydroxyl groups is 1. The molecule has 172 valence electrons. The zero-order valence-corrected chi connectivity index (χ0v) is 19.0. The van der Waals surface area contributed by atoms with Crippen LogP contribution in [0.5, 0.6) is 5.75 Å². The third-order valence-corrected chi connectivity index (χ3v) is 6.16. The normalized spacial score (nSPS) is 15.8. The van der Waals surface area contributed by atoms with E-state index in [1.165, 1.54) is 5.56 Å². The summed E-state index contributed by atoms with van der Waals surface area (Å²) in [6.45, 7) is 3.52. The van der Waals surface area contributed by atoms with E-state index in [2.05, 4.69) is 17.0 Å². The second-order valence-electron chi connectivity index (χ2n) is 8.56. The van der Waals surface area contributed by atoms with Gasteiger partial charge in [-0.25, -0.2) is 0 Å². The highest BCUT2D eigenvalue weighted by atomic mass is 16.5. The lowest BCUT2D eigenvalue weighted by Gasteiger charge is -2.30. The van der Waals surface area contributed by atoms with Crippen LogP contribution in [0.15, 0.2) is 84.9 Å². The first-order valence-electron chi connectivity index (χ1n) is 11.6. The van der Waals surface area contributed by atoms with Crippen molar-refractivity contribution in [3.05, 3.63) is 102 Å². The molecule has 3 aromatic rings.